The molecule has 26 heavy (non-hydrogen) atoms. The Morgan fingerprint density at radius 3 is 2.54 bits per heavy atom. The van der Waals surface area contributed by atoms with Crippen LogP contribution in [0, 0.1) is 6.92 Å². The summed E-state index contributed by atoms with van der Waals surface area (Å²) >= 11 is 1.63. The second-order valence-electron chi connectivity index (χ2n) is 6.06. The third kappa shape index (κ3) is 5.46. The van der Waals surface area contributed by atoms with Crippen LogP contribution in [0.1, 0.15) is 22.9 Å². The predicted molar refractivity (Wildman–Crippen MR) is 105 cm³/mol. The lowest BCUT2D eigenvalue weighted by Crippen LogP contribution is -2.44. The van der Waals surface area contributed by atoms with E-state index in [2.05, 4.69) is 5.32 Å². The highest BCUT2D eigenvalue weighted by Gasteiger charge is 2.19. The molecule has 1 heterocycles. The van der Waals surface area contributed by atoms with E-state index in [0.29, 0.717) is 6.54 Å². The molecule has 1 N–H and O–H groups in total. The number of methoxy groups -OCH3 is 1. The molecule has 0 aliphatic heterocycles. The van der Waals surface area contributed by atoms with Crippen molar-refractivity contribution in [2.45, 2.75) is 26.4 Å². The molecule has 1 unspecified atom stereocenters. The number of ether oxygens (including phenoxy) is 1. The van der Waals surface area contributed by atoms with Crippen LogP contribution in [0.2, 0.25) is 0 Å². The van der Waals surface area contributed by atoms with Gasteiger partial charge in [-0.25, -0.2) is 0 Å². The maximum absolute atomic E-state index is 12.4. The van der Waals surface area contributed by atoms with E-state index in [-0.39, 0.29) is 11.8 Å². The van der Waals surface area contributed by atoms with E-state index in [1.54, 1.807) is 43.4 Å². The summed E-state index contributed by atoms with van der Waals surface area (Å²) in [5.74, 6) is 0.334. The largest absolute Gasteiger partial charge is 0.497 e. The van der Waals surface area contributed by atoms with Crippen molar-refractivity contribution in [1.29, 1.82) is 0 Å². The second-order valence-corrected chi connectivity index (χ2v) is 7.06. The van der Waals surface area contributed by atoms with Crippen molar-refractivity contribution >= 4 is 29.2 Å². The molecule has 1 atom stereocenters. The average molecular weight is 372 g/mol. The van der Waals surface area contributed by atoms with Gasteiger partial charge in [-0.2, -0.15) is 0 Å². The minimum Gasteiger partial charge on any atom is -0.497 e. The first kappa shape index (κ1) is 19.7. The minimum atomic E-state index is -0.590. The number of nitrogens with one attached hydrogen (secondary N) is 1. The van der Waals surface area contributed by atoms with Crippen LogP contribution in [0.5, 0.6) is 5.75 Å². The Labute approximate surface area is 158 Å². The summed E-state index contributed by atoms with van der Waals surface area (Å²) in [6.07, 6.45) is 3.12. The number of nitrogens with zero attached hydrogens (tertiary/aromatic N) is 1. The first-order chi connectivity index (χ1) is 12.4. The number of carbonyl (C=O) groups is 2. The Morgan fingerprint density at radius 1 is 1.27 bits per heavy atom. The van der Waals surface area contributed by atoms with Gasteiger partial charge in [0.2, 0.25) is 11.8 Å². The molecule has 5 nitrogen and oxygen atoms in total. The molecule has 0 saturated carbocycles. The zero-order valence-electron chi connectivity index (χ0n) is 15.5. The highest BCUT2D eigenvalue weighted by atomic mass is 32.1. The molecule has 2 rings (SSSR count). The lowest BCUT2D eigenvalue weighted by atomic mass is 10.2. The van der Waals surface area contributed by atoms with Crippen molar-refractivity contribution in [2.75, 3.05) is 14.2 Å². The third-order valence-electron chi connectivity index (χ3n) is 4.00. The Hall–Kier alpha value is -2.60. The number of likely N-dealkylation sites (N-methyl/N-ethyl adjacent to an activating group) is 1. The van der Waals surface area contributed by atoms with Crippen molar-refractivity contribution < 1.29 is 14.3 Å². The van der Waals surface area contributed by atoms with Crippen LogP contribution >= 0.6 is 11.3 Å². The van der Waals surface area contributed by atoms with Crippen LogP contribution in [-0.4, -0.2) is 36.9 Å². The van der Waals surface area contributed by atoms with E-state index in [0.717, 1.165) is 16.2 Å². The van der Waals surface area contributed by atoms with Crippen molar-refractivity contribution in [3.8, 4) is 5.75 Å². The molecule has 0 aliphatic rings. The Bertz CT molecular complexity index is 781. The van der Waals surface area contributed by atoms with Crippen molar-refractivity contribution in [2.24, 2.45) is 0 Å². The molecule has 1 aromatic heterocycles. The maximum atomic E-state index is 12.4. The van der Waals surface area contributed by atoms with Gasteiger partial charge in [-0.05, 0) is 54.6 Å². The Kier molecular flexibility index (Phi) is 6.97. The van der Waals surface area contributed by atoms with Gasteiger partial charge in [-0.1, -0.05) is 12.1 Å². The van der Waals surface area contributed by atoms with Crippen LogP contribution in [0.25, 0.3) is 6.08 Å². The fraction of sp³-hybridized carbons (Fsp3) is 0.300. The summed E-state index contributed by atoms with van der Waals surface area (Å²) in [6, 6.07) is 8.81. The number of rotatable bonds is 7. The minimum absolute atomic E-state index is 0.121. The molecular formula is C20H24N2O3S. The van der Waals surface area contributed by atoms with Crippen molar-refractivity contribution in [1.82, 2.24) is 10.2 Å². The van der Waals surface area contributed by atoms with E-state index in [9.17, 15) is 9.59 Å². The van der Waals surface area contributed by atoms with Crippen LogP contribution in [0.15, 0.2) is 41.8 Å². The molecule has 2 aromatic rings. The normalized spacial score (nSPS) is 12.0. The lowest BCUT2D eigenvalue weighted by Gasteiger charge is -2.21. The van der Waals surface area contributed by atoms with Crippen molar-refractivity contribution in [3.63, 3.8) is 0 Å². The van der Waals surface area contributed by atoms with Gasteiger partial charge in [-0.15, -0.1) is 11.3 Å². The highest BCUT2D eigenvalue weighted by molar-refractivity contribution is 7.10. The number of hydrogen-bond acceptors (Lipinski definition) is 4. The van der Waals surface area contributed by atoms with E-state index in [1.807, 2.05) is 42.6 Å². The summed E-state index contributed by atoms with van der Waals surface area (Å²) in [5.41, 5.74) is 2.05. The summed E-state index contributed by atoms with van der Waals surface area (Å²) in [7, 11) is 3.35. The monoisotopic (exact) mass is 372 g/mol. The SMILES string of the molecule is COc1ccc(C=CC(=O)NC(C)C(=O)N(C)Cc2sccc2C)cc1. The number of hydrogen-bond donors (Lipinski definition) is 1. The van der Waals surface area contributed by atoms with Gasteiger partial charge >= 0.3 is 0 Å². The molecule has 1 aromatic carbocycles. The molecule has 0 fully saturated rings. The van der Waals surface area contributed by atoms with Crippen LogP contribution in [-0.2, 0) is 16.1 Å². The van der Waals surface area contributed by atoms with Crippen LogP contribution < -0.4 is 10.1 Å². The van der Waals surface area contributed by atoms with Gasteiger partial charge in [0.1, 0.15) is 11.8 Å². The van der Waals surface area contributed by atoms with Gasteiger partial charge in [-0.3, -0.25) is 9.59 Å². The topological polar surface area (TPSA) is 58.6 Å². The number of benzene rings is 1. The molecule has 138 valence electrons. The van der Waals surface area contributed by atoms with Gasteiger partial charge in [0.05, 0.1) is 13.7 Å². The van der Waals surface area contributed by atoms with Gasteiger partial charge in [0.25, 0.3) is 0 Å². The second kappa shape index (κ2) is 9.20. The molecule has 0 aliphatic carbocycles. The molecule has 0 saturated heterocycles. The average Bonchev–Trinajstić information content (AvgIpc) is 3.04. The maximum Gasteiger partial charge on any atom is 0.244 e. The fourth-order valence-electron chi connectivity index (χ4n) is 2.40. The predicted octanol–water partition coefficient (Wildman–Crippen LogP) is 3.24. The molecular weight excluding hydrogens is 348 g/mol. The van der Waals surface area contributed by atoms with Crippen LogP contribution in [0.3, 0.4) is 0 Å². The molecule has 6 heteroatoms. The third-order valence-corrected chi connectivity index (χ3v) is 5.01. The zero-order valence-corrected chi connectivity index (χ0v) is 16.3. The number of thiophene rings is 1. The summed E-state index contributed by atoms with van der Waals surface area (Å²) in [6.45, 7) is 4.27. The fourth-order valence-corrected chi connectivity index (χ4v) is 3.36. The van der Waals surface area contributed by atoms with Gasteiger partial charge in [0.15, 0.2) is 0 Å². The zero-order chi connectivity index (χ0) is 19.1. The van der Waals surface area contributed by atoms with Crippen LogP contribution in [0.4, 0.5) is 0 Å². The molecule has 2 amide bonds. The summed E-state index contributed by atoms with van der Waals surface area (Å²) in [4.78, 5) is 27.3. The van der Waals surface area contributed by atoms with E-state index in [4.69, 9.17) is 4.74 Å². The first-order valence-corrected chi connectivity index (χ1v) is 9.19. The molecule has 0 radical (unpaired) electrons. The Balaban J connectivity index is 1.87. The number of carbonyl (C=O) groups excluding carboxylic acids is 2. The number of aryl methyl sites for hydroxylation is 1. The smallest absolute Gasteiger partial charge is 0.244 e. The first-order valence-electron chi connectivity index (χ1n) is 8.31. The lowest BCUT2D eigenvalue weighted by molar-refractivity contribution is -0.134. The van der Waals surface area contributed by atoms with Crippen molar-refractivity contribution in [3.05, 3.63) is 57.8 Å². The van der Waals surface area contributed by atoms with Gasteiger partial charge in [0, 0.05) is 18.0 Å². The highest BCUT2D eigenvalue weighted by Crippen LogP contribution is 2.17. The quantitative estimate of drug-likeness (QED) is 0.759. The summed E-state index contributed by atoms with van der Waals surface area (Å²) in [5, 5.41) is 4.72. The Morgan fingerprint density at radius 2 is 1.96 bits per heavy atom. The molecule has 0 bridgehead atoms. The molecule has 0 spiro atoms. The standard InChI is InChI=1S/C20H24N2O3S/c1-14-11-12-26-18(14)13-22(3)20(24)15(2)21-19(23)10-7-16-5-8-17(25-4)9-6-16/h5-12,15H,13H2,1-4H3,(H,21,23). The van der Waals surface area contributed by atoms with E-state index in [1.165, 1.54) is 11.6 Å². The van der Waals surface area contributed by atoms with E-state index >= 15 is 0 Å². The van der Waals surface area contributed by atoms with Gasteiger partial charge < -0.3 is 15.0 Å². The number of amides is 2. The summed E-state index contributed by atoms with van der Waals surface area (Å²) < 4.78 is 5.10. The van der Waals surface area contributed by atoms with E-state index < -0.39 is 6.04 Å².